The van der Waals surface area contributed by atoms with Crippen LogP contribution in [0.25, 0.3) is 6.08 Å². The van der Waals surface area contributed by atoms with Crippen LogP contribution in [0.5, 0.6) is 0 Å². The second-order valence-corrected chi connectivity index (χ2v) is 5.73. The molecule has 1 aliphatic rings. The lowest BCUT2D eigenvalue weighted by Crippen LogP contribution is -2.29. The lowest BCUT2D eigenvalue weighted by Gasteiger charge is -2.28. The molecule has 1 saturated heterocycles. The maximum atomic E-state index is 2.51. The van der Waals surface area contributed by atoms with Crippen LogP contribution in [0.2, 0.25) is 0 Å². The van der Waals surface area contributed by atoms with Gasteiger partial charge in [0.25, 0.3) is 0 Å². The first-order valence-corrected chi connectivity index (χ1v) is 7.97. The Morgan fingerprint density at radius 1 is 0.810 bits per heavy atom. The van der Waals surface area contributed by atoms with Gasteiger partial charge in [-0.1, -0.05) is 54.6 Å². The zero-order chi connectivity index (χ0) is 14.3. The van der Waals surface area contributed by atoms with Gasteiger partial charge in [0, 0.05) is 18.8 Å². The number of piperidine rings is 1. The van der Waals surface area contributed by atoms with Gasteiger partial charge in [0.2, 0.25) is 0 Å². The van der Waals surface area contributed by atoms with E-state index in [1.54, 1.807) is 0 Å². The Balaban J connectivity index is 1.58. The summed E-state index contributed by atoms with van der Waals surface area (Å²) in [4.78, 5) is 2.51. The number of rotatable bonds is 4. The smallest absolute Gasteiger partial charge is 0.0366 e. The van der Waals surface area contributed by atoms with Crippen molar-refractivity contribution in [2.24, 2.45) is 0 Å². The maximum absolute atomic E-state index is 2.51. The van der Waals surface area contributed by atoms with Gasteiger partial charge in [0.15, 0.2) is 0 Å². The minimum absolute atomic E-state index is 0.995. The molecule has 1 fully saturated rings. The Bertz CT molecular complexity index is 563. The maximum Gasteiger partial charge on any atom is 0.0366 e. The van der Waals surface area contributed by atoms with Gasteiger partial charge >= 0.3 is 0 Å². The van der Waals surface area contributed by atoms with E-state index in [0.717, 1.165) is 6.42 Å². The summed E-state index contributed by atoms with van der Waals surface area (Å²) in [6, 6.07) is 19.6. The monoisotopic (exact) mass is 277 g/mol. The Morgan fingerprint density at radius 2 is 1.52 bits per heavy atom. The van der Waals surface area contributed by atoms with Crippen molar-refractivity contribution in [3.05, 3.63) is 71.8 Å². The second-order valence-electron chi connectivity index (χ2n) is 5.73. The van der Waals surface area contributed by atoms with E-state index in [1.165, 1.54) is 49.2 Å². The van der Waals surface area contributed by atoms with Crippen molar-refractivity contribution in [2.45, 2.75) is 25.7 Å². The van der Waals surface area contributed by atoms with Crippen molar-refractivity contribution < 1.29 is 0 Å². The summed E-state index contributed by atoms with van der Waals surface area (Å²) >= 11 is 0. The molecule has 1 nitrogen and oxygen atoms in total. The summed E-state index contributed by atoms with van der Waals surface area (Å²) in [7, 11) is 0. The van der Waals surface area contributed by atoms with E-state index in [9.17, 15) is 0 Å². The molecular formula is C20H23N. The molecule has 0 bridgehead atoms. The van der Waals surface area contributed by atoms with E-state index in [0.29, 0.717) is 0 Å². The fraction of sp³-hybridized carbons (Fsp3) is 0.300. The van der Waals surface area contributed by atoms with E-state index >= 15 is 0 Å². The highest BCUT2D eigenvalue weighted by Gasteiger charge is 2.10. The first-order valence-electron chi connectivity index (χ1n) is 7.97. The van der Waals surface area contributed by atoms with Crippen LogP contribution in [0.4, 0.5) is 5.69 Å². The van der Waals surface area contributed by atoms with Crippen LogP contribution in [-0.2, 0) is 6.42 Å². The van der Waals surface area contributed by atoms with Gasteiger partial charge in [-0.2, -0.15) is 0 Å². The highest BCUT2D eigenvalue weighted by atomic mass is 15.1. The van der Waals surface area contributed by atoms with Crippen LogP contribution < -0.4 is 4.90 Å². The Hall–Kier alpha value is -2.02. The third-order valence-electron chi connectivity index (χ3n) is 4.12. The standard InChI is InChI=1S/C20H23N/c1-3-8-18(9-4-1)10-7-11-19-12-14-20(15-13-19)21-16-5-2-6-17-21/h1,3-4,7-10,12-15H,2,5-6,11,16-17H2/b10-7+. The number of nitrogens with zero attached hydrogens (tertiary/aromatic N) is 1. The molecule has 0 saturated carbocycles. The molecule has 1 heterocycles. The Kier molecular flexibility index (Phi) is 4.73. The van der Waals surface area contributed by atoms with E-state index in [4.69, 9.17) is 0 Å². The van der Waals surface area contributed by atoms with E-state index in [2.05, 4.69) is 71.6 Å². The number of hydrogen-bond donors (Lipinski definition) is 0. The number of anilines is 1. The molecule has 2 aromatic carbocycles. The zero-order valence-corrected chi connectivity index (χ0v) is 12.5. The van der Waals surface area contributed by atoms with E-state index in [1.807, 2.05) is 0 Å². The quantitative estimate of drug-likeness (QED) is 0.765. The first kappa shape index (κ1) is 13.9. The molecule has 2 aromatic rings. The van der Waals surface area contributed by atoms with Crippen LogP contribution in [-0.4, -0.2) is 13.1 Å². The largest absolute Gasteiger partial charge is 0.372 e. The van der Waals surface area contributed by atoms with Crippen molar-refractivity contribution in [1.29, 1.82) is 0 Å². The second kappa shape index (κ2) is 7.12. The van der Waals surface area contributed by atoms with Crippen molar-refractivity contribution in [2.75, 3.05) is 18.0 Å². The molecule has 0 unspecified atom stereocenters. The van der Waals surface area contributed by atoms with Crippen LogP contribution in [0.3, 0.4) is 0 Å². The summed E-state index contributed by atoms with van der Waals surface area (Å²) < 4.78 is 0. The van der Waals surface area contributed by atoms with Crippen LogP contribution >= 0.6 is 0 Å². The fourth-order valence-corrected chi connectivity index (χ4v) is 2.89. The van der Waals surface area contributed by atoms with Crippen LogP contribution in [0.15, 0.2) is 60.7 Å². The molecule has 0 aliphatic carbocycles. The molecule has 0 amide bonds. The molecule has 3 rings (SSSR count). The SMILES string of the molecule is C(=C\c1ccccc1)/Cc1ccc(N2CCCCC2)cc1. The van der Waals surface area contributed by atoms with E-state index < -0.39 is 0 Å². The van der Waals surface area contributed by atoms with Gasteiger partial charge in [-0.3, -0.25) is 0 Å². The molecular weight excluding hydrogens is 254 g/mol. The van der Waals surface area contributed by atoms with Crippen molar-refractivity contribution >= 4 is 11.8 Å². The number of benzene rings is 2. The van der Waals surface area contributed by atoms with Gasteiger partial charge in [-0.05, 0) is 48.9 Å². The molecule has 0 radical (unpaired) electrons. The van der Waals surface area contributed by atoms with Gasteiger partial charge < -0.3 is 4.90 Å². The van der Waals surface area contributed by atoms with Gasteiger partial charge in [-0.15, -0.1) is 0 Å². The zero-order valence-electron chi connectivity index (χ0n) is 12.5. The summed E-state index contributed by atoms with van der Waals surface area (Å²) in [6.45, 7) is 2.43. The van der Waals surface area contributed by atoms with Gasteiger partial charge in [0.05, 0.1) is 0 Å². The Morgan fingerprint density at radius 3 is 2.24 bits per heavy atom. The normalized spacial score (nSPS) is 15.5. The molecule has 0 spiro atoms. The minimum Gasteiger partial charge on any atom is -0.372 e. The molecule has 108 valence electrons. The predicted octanol–water partition coefficient (Wildman–Crippen LogP) is 4.93. The van der Waals surface area contributed by atoms with Crippen LogP contribution in [0, 0.1) is 0 Å². The van der Waals surface area contributed by atoms with Gasteiger partial charge in [-0.25, -0.2) is 0 Å². The summed E-state index contributed by atoms with van der Waals surface area (Å²) in [6.07, 6.45) is 9.49. The molecule has 0 aromatic heterocycles. The third-order valence-corrected chi connectivity index (χ3v) is 4.12. The lowest BCUT2D eigenvalue weighted by molar-refractivity contribution is 0.578. The van der Waals surface area contributed by atoms with Crippen molar-refractivity contribution in [3.63, 3.8) is 0 Å². The first-order chi connectivity index (χ1) is 10.4. The number of allylic oxidation sites excluding steroid dienone is 1. The predicted molar refractivity (Wildman–Crippen MR) is 91.7 cm³/mol. The lowest BCUT2D eigenvalue weighted by atomic mass is 10.1. The Labute approximate surface area is 127 Å². The summed E-state index contributed by atoms with van der Waals surface area (Å²) in [5, 5.41) is 0. The van der Waals surface area contributed by atoms with E-state index in [-0.39, 0.29) is 0 Å². The third kappa shape index (κ3) is 3.98. The molecule has 1 heteroatoms. The minimum atomic E-state index is 0.995. The fourth-order valence-electron chi connectivity index (χ4n) is 2.89. The highest BCUT2D eigenvalue weighted by molar-refractivity contribution is 5.51. The average molecular weight is 277 g/mol. The number of hydrogen-bond acceptors (Lipinski definition) is 1. The van der Waals surface area contributed by atoms with Gasteiger partial charge in [0.1, 0.15) is 0 Å². The molecule has 21 heavy (non-hydrogen) atoms. The molecule has 0 N–H and O–H groups in total. The molecule has 1 aliphatic heterocycles. The topological polar surface area (TPSA) is 3.24 Å². The molecule has 0 atom stereocenters. The average Bonchev–Trinajstić information content (AvgIpc) is 2.57. The summed E-state index contributed by atoms with van der Waals surface area (Å²) in [5.41, 5.74) is 4.02. The summed E-state index contributed by atoms with van der Waals surface area (Å²) in [5.74, 6) is 0. The van der Waals surface area contributed by atoms with Crippen LogP contribution in [0.1, 0.15) is 30.4 Å². The van der Waals surface area contributed by atoms with Crippen molar-refractivity contribution in [1.82, 2.24) is 0 Å². The highest BCUT2D eigenvalue weighted by Crippen LogP contribution is 2.20. The van der Waals surface area contributed by atoms with Crippen molar-refractivity contribution in [3.8, 4) is 0 Å².